The van der Waals surface area contributed by atoms with Crippen molar-refractivity contribution >= 4 is 5.91 Å². The summed E-state index contributed by atoms with van der Waals surface area (Å²) in [5.74, 6) is 0.714. The fourth-order valence-corrected chi connectivity index (χ4v) is 2.96. The second kappa shape index (κ2) is 9.04. The van der Waals surface area contributed by atoms with Crippen LogP contribution in [0.1, 0.15) is 26.7 Å². The monoisotopic (exact) mass is 335 g/mol. The Hall–Kier alpha value is -1.59. The highest BCUT2D eigenvalue weighted by molar-refractivity contribution is 5.81. The quantitative estimate of drug-likeness (QED) is 0.733. The zero-order valence-electron chi connectivity index (χ0n) is 15.0. The van der Waals surface area contributed by atoms with Gasteiger partial charge in [0.2, 0.25) is 0 Å². The molecule has 0 spiro atoms. The summed E-state index contributed by atoms with van der Waals surface area (Å²) in [5, 5.41) is 0. The number of hydrogen-bond acceptors (Lipinski definition) is 4. The van der Waals surface area contributed by atoms with E-state index in [1.807, 2.05) is 35.2 Å². The fraction of sp³-hybridized carbons (Fsp3) is 0.632. The number of methoxy groups -OCH3 is 1. The molecule has 1 saturated heterocycles. The molecule has 2 rings (SSSR count). The van der Waals surface area contributed by atoms with E-state index in [0.29, 0.717) is 25.4 Å². The van der Waals surface area contributed by atoms with Crippen LogP contribution in [-0.4, -0.2) is 56.9 Å². The van der Waals surface area contributed by atoms with Crippen molar-refractivity contribution in [3.05, 3.63) is 30.3 Å². The van der Waals surface area contributed by atoms with E-state index < -0.39 is 6.10 Å². The van der Waals surface area contributed by atoms with Crippen LogP contribution in [0.4, 0.5) is 0 Å². The van der Waals surface area contributed by atoms with Gasteiger partial charge < -0.3 is 19.1 Å². The minimum Gasteiger partial charge on any atom is -0.481 e. The summed E-state index contributed by atoms with van der Waals surface area (Å²) in [6.07, 6.45) is 1.42. The Labute approximate surface area is 144 Å². The third-order valence-electron chi connectivity index (χ3n) is 4.55. The molecule has 1 aromatic carbocycles. The second-order valence-corrected chi connectivity index (χ2v) is 6.75. The van der Waals surface area contributed by atoms with Gasteiger partial charge in [-0.15, -0.1) is 0 Å². The Kier molecular flexibility index (Phi) is 7.06. The van der Waals surface area contributed by atoms with Crippen LogP contribution in [0, 0.1) is 5.41 Å². The Morgan fingerprint density at radius 1 is 1.29 bits per heavy atom. The lowest BCUT2D eigenvalue weighted by Crippen LogP contribution is -2.48. The van der Waals surface area contributed by atoms with Crippen molar-refractivity contribution in [1.29, 1.82) is 0 Å². The van der Waals surface area contributed by atoms with Crippen LogP contribution in [0.3, 0.4) is 0 Å². The molecule has 1 aliphatic heterocycles. The Morgan fingerprint density at radius 2 is 1.96 bits per heavy atom. The molecule has 1 aromatic rings. The van der Waals surface area contributed by atoms with Crippen LogP contribution < -0.4 is 4.74 Å². The van der Waals surface area contributed by atoms with E-state index in [1.54, 1.807) is 14.0 Å². The average molecular weight is 335 g/mol. The van der Waals surface area contributed by atoms with Gasteiger partial charge in [-0.3, -0.25) is 4.79 Å². The van der Waals surface area contributed by atoms with E-state index in [1.165, 1.54) is 0 Å². The standard InChI is InChI=1S/C19H29NO4/c1-16(24-17-7-5-4-6-8-17)18(21)20(11-14-22-3)15-19(2)9-12-23-13-10-19/h4-8,16H,9-15H2,1-3H3/t16-/m0/s1. The minimum atomic E-state index is -0.521. The van der Waals surface area contributed by atoms with E-state index in [-0.39, 0.29) is 11.3 Å². The van der Waals surface area contributed by atoms with E-state index in [0.717, 1.165) is 26.1 Å². The summed E-state index contributed by atoms with van der Waals surface area (Å²) >= 11 is 0. The third kappa shape index (κ3) is 5.49. The van der Waals surface area contributed by atoms with E-state index in [2.05, 4.69) is 6.92 Å². The molecule has 134 valence electrons. The highest BCUT2D eigenvalue weighted by atomic mass is 16.5. The number of para-hydroxylation sites is 1. The molecule has 0 aromatic heterocycles. The topological polar surface area (TPSA) is 48.0 Å². The van der Waals surface area contributed by atoms with Crippen LogP contribution >= 0.6 is 0 Å². The van der Waals surface area contributed by atoms with Gasteiger partial charge in [-0.1, -0.05) is 25.1 Å². The SMILES string of the molecule is COCCN(CC1(C)CCOCC1)C(=O)[C@H](C)Oc1ccccc1. The van der Waals surface area contributed by atoms with Gasteiger partial charge >= 0.3 is 0 Å². The van der Waals surface area contributed by atoms with Crippen molar-refractivity contribution in [3.63, 3.8) is 0 Å². The largest absolute Gasteiger partial charge is 0.481 e. The van der Waals surface area contributed by atoms with Crippen molar-refractivity contribution < 1.29 is 19.0 Å². The zero-order valence-corrected chi connectivity index (χ0v) is 15.0. The first kappa shape index (κ1) is 18.7. The van der Waals surface area contributed by atoms with Crippen molar-refractivity contribution in [1.82, 2.24) is 4.90 Å². The summed E-state index contributed by atoms with van der Waals surface area (Å²) in [6.45, 7) is 7.37. The maximum Gasteiger partial charge on any atom is 0.263 e. The number of nitrogens with zero attached hydrogens (tertiary/aromatic N) is 1. The fourth-order valence-electron chi connectivity index (χ4n) is 2.96. The number of carbonyl (C=O) groups excluding carboxylic acids is 1. The van der Waals surface area contributed by atoms with Crippen molar-refractivity contribution in [2.75, 3.05) is 40.0 Å². The average Bonchev–Trinajstić information content (AvgIpc) is 2.59. The van der Waals surface area contributed by atoms with E-state index >= 15 is 0 Å². The van der Waals surface area contributed by atoms with Crippen LogP contribution in [0.2, 0.25) is 0 Å². The molecule has 24 heavy (non-hydrogen) atoms. The van der Waals surface area contributed by atoms with E-state index in [9.17, 15) is 4.79 Å². The molecule has 0 saturated carbocycles. The molecule has 0 aliphatic carbocycles. The maximum absolute atomic E-state index is 12.9. The molecule has 5 heteroatoms. The summed E-state index contributed by atoms with van der Waals surface area (Å²) in [5.41, 5.74) is 0.0914. The highest BCUT2D eigenvalue weighted by Crippen LogP contribution is 2.31. The predicted octanol–water partition coefficient (Wildman–Crippen LogP) is 2.75. The zero-order chi connectivity index (χ0) is 17.4. The lowest BCUT2D eigenvalue weighted by molar-refractivity contribution is -0.141. The normalized spacial score (nSPS) is 18.0. The van der Waals surface area contributed by atoms with Gasteiger partial charge in [0.05, 0.1) is 6.61 Å². The van der Waals surface area contributed by atoms with Gasteiger partial charge in [-0.25, -0.2) is 0 Å². The van der Waals surface area contributed by atoms with E-state index in [4.69, 9.17) is 14.2 Å². The summed E-state index contributed by atoms with van der Waals surface area (Å²) in [7, 11) is 1.66. The molecule has 0 N–H and O–H groups in total. The van der Waals surface area contributed by atoms with Crippen LogP contribution in [0.15, 0.2) is 30.3 Å². The summed E-state index contributed by atoms with van der Waals surface area (Å²) < 4.78 is 16.4. The molecular formula is C19H29NO4. The molecule has 1 atom stereocenters. The van der Waals surface area contributed by atoms with Gasteiger partial charge in [0.25, 0.3) is 5.91 Å². The van der Waals surface area contributed by atoms with Crippen molar-refractivity contribution in [3.8, 4) is 5.75 Å². The molecule has 1 aliphatic rings. The van der Waals surface area contributed by atoms with Crippen molar-refractivity contribution in [2.45, 2.75) is 32.8 Å². The van der Waals surface area contributed by atoms with Gasteiger partial charge in [-0.05, 0) is 37.3 Å². The van der Waals surface area contributed by atoms with Gasteiger partial charge in [-0.2, -0.15) is 0 Å². The molecule has 0 radical (unpaired) electrons. The number of ether oxygens (including phenoxy) is 3. The Balaban J connectivity index is 2.00. The Morgan fingerprint density at radius 3 is 2.58 bits per heavy atom. The van der Waals surface area contributed by atoms with Crippen LogP contribution in [-0.2, 0) is 14.3 Å². The number of benzene rings is 1. The first-order chi connectivity index (χ1) is 11.5. The Bertz CT molecular complexity index is 499. The minimum absolute atomic E-state index is 0.00335. The predicted molar refractivity (Wildman–Crippen MR) is 93.1 cm³/mol. The molecule has 5 nitrogen and oxygen atoms in total. The third-order valence-corrected chi connectivity index (χ3v) is 4.55. The highest BCUT2D eigenvalue weighted by Gasteiger charge is 2.33. The molecule has 1 heterocycles. The lowest BCUT2D eigenvalue weighted by atomic mass is 9.82. The molecule has 0 bridgehead atoms. The van der Waals surface area contributed by atoms with Gasteiger partial charge in [0.15, 0.2) is 6.10 Å². The lowest BCUT2D eigenvalue weighted by Gasteiger charge is -2.39. The first-order valence-corrected chi connectivity index (χ1v) is 8.61. The summed E-state index contributed by atoms with van der Waals surface area (Å²) in [6, 6.07) is 9.46. The van der Waals surface area contributed by atoms with Crippen molar-refractivity contribution in [2.24, 2.45) is 5.41 Å². The van der Waals surface area contributed by atoms with Crippen LogP contribution in [0.25, 0.3) is 0 Å². The first-order valence-electron chi connectivity index (χ1n) is 8.61. The molecule has 1 amide bonds. The summed E-state index contributed by atoms with van der Waals surface area (Å²) in [4.78, 5) is 14.8. The number of carbonyl (C=O) groups is 1. The molecular weight excluding hydrogens is 306 g/mol. The number of amides is 1. The maximum atomic E-state index is 12.9. The van der Waals surface area contributed by atoms with Crippen LogP contribution in [0.5, 0.6) is 5.75 Å². The molecule has 0 unspecified atom stereocenters. The number of hydrogen-bond donors (Lipinski definition) is 0. The second-order valence-electron chi connectivity index (χ2n) is 6.75. The molecule has 1 fully saturated rings. The van der Waals surface area contributed by atoms with Gasteiger partial charge in [0.1, 0.15) is 5.75 Å². The van der Waals surface area contributed by atoms with Gasteiger partial charge in [0, 0.05) is 33.4 Å². The number of rotatable bonds is 8. The smallest absolute Gasteiger partial charge is 0.263 e.